The Kier molecular flexibility index (Phi) is 3.71. The van der Waals surface area contributed by atoms with Crippen molar-refractivity contribution in [3.8, 4) is 0 Å². The van der Waals surface area contributed by atoms with Gasteiger partial charge in [-0.2, -0.15) is 0 Å². The van der Waals surface area contributed by atoms with Crippen molar-refractivity contribution in [2.45, 2.75) is 88.6 Å². The van der Waals surface area contributed by atoms with E-state index in [0.717, 1.165) is 64.2 Å². The van der Waals surface area contributed by atoms with Crippen LogP contribution in [0.5, 0.6) is 0 Å². The standard InChI is InChI=1S/C20H28O6/c21-17(22)19(11-7-3-1-4-8-11)15-13(25-15)14-16(26-14)20(19,18(23)24)12-9-5-2-6-10-12/h11-16H,1-10H2,(H,21,22)(H,23,24). The molecule has 0 aromatic heterocycles. The Balaban J connectivity index is 1.70. The quantitative estimate of drug-likeness (QED) is 0.744. The van der Waals surface area contributed by atoms with Crippen molar-refractivity contribution in [1.29, 1.82) is 0 Å². The number of carbonyl (C=O) groups is 2. The van der Waals surface area contributed by atoms with Gasteiger partial charge in [-0.1, -0.05) is 38.5 Å². The fourth-order valence-electron chi connectivity index (χ4n) is 7.15. The van der Waals surface area contributed by atoms with E-state index in [1.807, 2.05) is 0 Å². The van der Waals surface area contributed by atoms with E-state index >= 15 is 0 Å². The Hall–Kier alpha value is -1.14. The lowest BCUT2D eigenvalue weighted by Crippen LogP contribution is -2.68. The third-order valence-corrected chi connectivity index (χ3v) is 8.16. The molecule has 2 heterocycles. The summed E-state index contributed by atoms with van der Waals surface area (Å²) >= 11 is 0. The van der Waals surface area contributed by atoms with Crippen LogP contribution in [0, 0.1) is 22.7 Å². The number of hydrogen-bond donors (Lipinski definition) is 2. The van der Waals surface area contributed by atoms with Crippen LogP contribution in [0.2, 0.25) is 0 Å². The van der Waals surface area contributed by atoms with E-state index in [1.165, 1.54) is 0 Å². The largest absolute Gasteiger partial charge is 0.481 e. The predicted molar refractivity (Wildman–Crippen MR) is 90.6 cm³/mol. The zero-order valence-corrected chi connectivity index (χ0v) is 15.1. The molecule has 26 heavy (non-hydrogen) atoms. The second-order valence-electron chi connectivity index (χ2n) is 9.06. The summed E-state index contributed by atoms with van der Waals surface area (Å²) < 4.78 is 11.8. The molecule has 6 nitrogen and oxygen atoms in total. The molecule has 5 fully saturated rings. The summed E-state index contributed by atoms with van der Waals surface area (Å²) in [7, 11) is 0. The van der Waals surface area contributed by atoms with Crippen LogP contribution in [-0.4, -0.2) is 46.6 Å². The van der Waals surface area contributed by atoms with Gasteiger partial charge >= 0.3 is 11.9 Å². The molecule has 0 bridgehead atoms. The van der Waals surface area contributed by atoms with Gasteiger partial charge in [0, 0.05) is 0 Å². The fraction of sp³-hybridized carbons (Fsp3) is 0.900. The smallest absolute Gasteiger partial charge is 0.313 e. The summed E-state index contributed by atoms with van der Waals surface area (Å²) in [6, 6.07) is 0. The summed E-state index contributed by atoms with van der Waals surface area (Å²) in [5.74, 6) is -2.18. The van der Waals surface area contributed by atoms with Gasteiger partial charge in [0.1, 0.15) is 35.2 Å². The molecule has 0 radical (unpaired) electrons. The normalized spacial score (nSPS) is 48.3. The second kappa shape index (κ2) is 5.68. The van der Waals surface area contributed by atoms with Gasteiger partial charge in [-0.3, -0.25) is 9.59 Å². The maximum atomic E-state index is 12.9. The highest BCUT2D eigenvalue weighted by atomic mass is 16.7. The monoisotopic (exact) mass is 364 g/mol. The van der Waals surface area contributed by atoms with Crippen molar-refractivity contribution >= 4 is 11.9 Å². The molecule has 6 atom stereocenters. The summed E-state index contributed by atoms with van der Waals surface area (Å²) in [4.78, 5) is 25.9. The zero-order chi connectivity index (χ0) is 18.1. The minimum absolute atomic E-state index is 0.132. The molecule has 0 spiro atoms. The van der Waals surface area contributed by atoms with Crippen molar-refractivity contribution in [2.24, 2.45) is 22.7 Å². The number of epoxide rings is 2. The van der Waals surface area contributed by atoms with Crippen LogP contribution in [-0.2, 0) is 19.1 Å². The molecule has 5 rings (SSSR count). The molecule has 144 valence electrons. The number of aliphatic carboxylic acids is 2. The topological polar surface area (TPSA) is 99.7 Å². The van der Waals surface area contributed by atoms with Crippen molar-refractivity contribution in [1.82, 2.24) is 0 Å². The summed E-state index contributed by atoms with van der Waals surface area (Å²) in [5, 5.41) is 21.2. The second-order valence-corrected chi connectivity index (χ2v) is 9.06. The first-order valence-corrected chi connectivity index (χ1v) is 10.3. The molecule has 3 aliphatic carbocycles. The molecule has 6 heteroatoms. The number of ether oxygens (including phenoxy) is 2. The number of rotatable bonds is 4. The van der Waals surface area contributed by atoms with E-state index in [2.05, 4.69) is 0 Å². The van der Waals surface area contributed by atoms with Gasteiger partial charge < -0.3 is 19.7 Å². The van der Waals surface area contributed by atoms with Crippen molar-refractivity contribution in [2.75, 3.05) is 0 Å². The van der Waals surface area contributed by atoms with Crippen LogP contribution in [0.1, 0.15) is 64.2 Å². The first kappa shape index (κ1) is 17.0. The minimum Gasteiger partial charge on any atom is -0.481 e. The molecule has 0 amide bonds. The predicted octanol–water partition coefficient (Wildman–Crippen LogP) is 2.84. The lowest BCUT2D eigenvalue weighted by Gasteiger charge is -2.54. The van der Waals surface area contributed by atoms with Gasteiger partial charge in [-0.15, -0.1) is 0 Å². The van der Waals surface area contributed by atoms with E-state index in [1.54, 1.807) is 0 Å². The Bertz CT molecular complexity index is 568. The average Bonchev–Trinajstić information content (AvgIpc) is 3.53. The number of hydrogen-bond acceptors (Lipinski definition) is 4. The first-order valence-electron chi connectivity index (χ1n) is 10.3. The van der Waals surface area contributed by atoms with Crippen LogP contribution in [0.25, 0.3) is 0 Å². The Morgan fingerprint density at radius 1 is 0.654 bits per heavy atom. The number of carboxylic acid groups (broad SMARTS) is 2. The van der Waals surface area contributed by atoms with E-state index in [-0.39, 0.29) is 24.0 Å². The van der Waals surface area contributed by atoms with Crippen LogP contribution in [0.4, 0.5) is 0 Å². The molecule has 5 aliphatic rings. The molecule has 3 saturated carbocycles. The fourth-order valence-corrected chi connectivity index (χ4v) is 7.15. The van der Waals surface area contributed by atoms with E-state index in [9.17, 15) is 19.8 Å². The van der Waals surface area contributed by atoms with Crippen LogP contribution < -0.4 is 0 Å². The molecule has 2 saturated heterocycles. The Morgan fingerprint density at radius 2 is 1.00 bits per heavy atom. The maximum Gasteiger partial charge on any atom is 0.313 e. The summed E-state index contributed by atoms with van der Waals surface area (Å²) in [5.41, 5.74) is -2.69. The van der Waals surface area contributed by atoms with E-state index < -0.39 is 35.0 Å². The lowest BCUT2D eigenvalue weighted by atomic mass is 9.44. The number of fused-ring (bicyclic) bond motifs is 3. The van der Waals surface area contributed by atoms with Crippen molar-refractivity contribution in [3.05, 3.63) is 0 Å². The highest BCUT2D eigenvalue weighted by molar-refractivity contribution is 5.90. The van der Waals surface area contributed by atoms with Gasteiger partial charge in [0.15, 0.2) is 0 Å². The van der Waals surface area contributed by atoms with Crippen molar-refractivity contribution < 1.29 is 29.3 Å². The molecule has 6 unspecified atom stereocenters. The molecular formula is C20H28O6. The maximum absolute atomic E-state index is 12.9. The van der Waals surface area contributed by atoms with Gasteiger partial charge in [0.05, 0.1) is 0 Å². The minimum atomic E-state index is -1.34. The van der Waals surface area contributed by atoms with Gasteiger partial charge in [-0.25, -0.2) is 0 Å². The van der Waals surface area contributed by atoms with Gasteiger partial charge in [0.25, 0.3) is 0 Å². The summed E-state index contributed by atoms with van der Waals surface area (Å²) in [6.45, 7) is 0. The molecular weight excluding hydrogens is 336 g/mol. The van der Waals surface area contributed by atoms with Crippen LogP contribution in [0.15, 0.2) is 0 Å². The molecule has 2 aliphatic heterocycles. The Morgan fingerprint density at radius 3 is 1.31 bits per heavy atom. The first-order chi connectivity index (χ1) is 12.6. The third-order valence-electron chi connectivity index (χ3n) is 8.16. The third kappa shape index (κ3) is 1.90. The van der Waals surface area contributed by atoms with Gasteiger partial charge in [-0.05, 0) is 37.5 Å². The lowest BCUT2D eigenvalue weighted by molar-refractivity contribution is -0.200. The highest BCUT2D eigenvalue weighted by Gasteiger charge is 2.88. The molecule has 2 N–H and O–H groups in total. The number of carboxylic acids is 2. The van der Waals surface area contributed by atoms with Crippen LogP contribution in [0.3, 0.4) is 0 Å². The highest BCUT2D eigenvalue weighted by Crippen LogP contribution is 2.73. The SMILES string of the molecule is O=C(O)C1(C2CCCCC2)C2OC2C2OC2C1(C(=O)O)C1CCCCC1. The zero-order valence-electron chi connectivity index (χ0n) is 15.1. The van der Waals surface area contributed by atoms with Gasteiger partial charge in [0.2, 0.25) is 0 Å². The average molecular weight is 364 g/mol. The summed E-state index contributed by atoms with van der Waals surface area (Å²) in [6.07, 6.45) is 7.86. The molecule has 0 aromatic carbocycles. The van der Waals surface area contributed by atoms with Crippen molar-refractivity contribution in [3.63, 3.8) is 0 Å². The van der Waals surface area contributed by atoms with Crippen LogP contribution >= 0.6 is 0 Å². The van der Waals surface area contributed by atoms with E-state index in [0.29, 0.717) is 0 Å². The molecule has 0 aromatic rings. The van der Waals surface area contributed by atoms with E-state index in [4.69, 9.17) is 9.47 Å². The Labute approximate surface area is 153 Å².